The van der Waals surface area contributed by atoms with Crippen LogP contribution in [-0.2, 0) is 16.1 Å². The van der Waals surface area contributed by atoms with Gasteiger partial charge in [0.2, 0.25) is 0 Å². The molecule has 0 aliphatic carbocycles. The Kier molecular flexibility index (Phi) is 4.50. The lowest BCUT2D eigenvalue weighted by Gasteiger charge is -2.08. The molecule has 0 aliphatic rings. The normalized spacial score (nSPS) is 10.1. The highest BCUT2D eigenvalue weighted by molar-refractivity contribution is 5.89. The van der Waals surface area contributed by atoms with Crippen molar-refractivity contribution in [3.63, 3.8) is 0 Å². The molecule has 1 aromatic heterocycles. The number of hydrogen-bond acceptors (Lipinski definition) is 4. The molecular formula is C10H16N4O3. The number of nitrogens with zero attached hydrogens (tertiary/aromatic N) is 2. The summed E-state index contributed by atoms with van der Waals surface area (Å²) in [5, 5.41) is 9.18. The van der Waals surface area contributed by atoms with E-state index in [9.17, 15) is 9.59 Å². The van der Waals surface area contributed by atoms with Crippen molar-refractivity contribution in [2.45, 2.75) is 26.4 Å². The summed E-state index contributed by atoms with van der Waals surface area (Å²) in [6.07, 6.45) is 3.01. The summed E-state index contributed by atoms with van der Waals surface area (Å²) in [4.78, 5) is 22.3. The number of hydrogen-bond donors (Lipinski definition) is 2. The lowest BCUT2D eigenvalue weighted by atomic mass is 10.4. The molecule has 0 unspecified atom stereocenters. The monoisotopic (exact) mass is 240 g/mol. The molecular weight excluding hydrogens is 224 g/mol. The maximum Gasteiger partial charge on any atom is 0.327 e. The average Bonchev–Trinajstić information content (AvgIpc) is 2.63. The predicted octanol–water partition coefficient (Wildman–Crippen LogP) is 0.586. The minimum Gasteiger partial charge on any atom is -0.468 e. The smallest absolute Gasteiger partial charge is 0.327 e. The van der Waals surface area contributed by atoms with E-state index in [0.29, 0.717) is 5.69 Å². The maximum absolute atomic E-state index is 11.4. The minimum atomic E-state index is -0.397. The predicted molar refractivity (Wildman–Crippen MR) is 61.5 cm³/mol. The van der Waals surface area contributed by atoms with Gasteiger partial charge in [-0.05, 0) is 13.8 Å². The first kappa shape index (κ1) is 13.0. The van der Waals surface area contributed by atoms with Crippen LogP contribution in [0.5, 0.6) is 0 Å². The standard InChI is InChI=1S/C10H16N4O3/c1-7(2)12-10(16)13-8-4-11-14(5-8)6-9(15)17-3/h4-5,7H,6H2,1-3H3,(H2,12,13,16). The van der Waals surface area contributed by atoms with Gasteiger partial charge in [-0.3, -0.25) is 9.48 Å². The van der Waals surface area contributed by atoms with Crippen LogP contribution in [-0.4, -0.2) is 34.9 Å². The Hall–Kier alpha value is -2.05. The number of ether oxygens (including phenoxy) is 1. The lowest BCUT2D eigenvalue weighted by molar-refractivity contribution is -0.141. The second-order valence-electron chi connectivity index (χ2n) is 3.76. The molecule has 17 heavy (non-hydrogen) atoms. The number of methoxy groups -OCH3 is 1. The molecule has 7 nitrogen and oxygen atoms in total. The van der Waals surface area contributed by atoms with Crippen molar-refractivity contribution in [3.8, 4) is 0 Å². The SMILES string of the molecule is COC(=O)Cn1cc(NC(=O)NC(C)C)cn1. The largest absolute Gasteiger partial charge is 0.468 e. The van der Waals surface area contributed by atoms with E-state index in [1.807, 2.05) is 13.8 Å². The molecule has 0 bridgehead atoms. The van der Waals surface area contributed by atoms with Crippen LogP contribution in [0.2, 0.25) is 0 Å². The van der Waals surface area contributed by atoms with Crippen molar-refractivity contribution in [3.05, 3.63) is 12.4 Å². The first-order valence-electron chi connectivity index (χ1n) is 5.18. The zero-order valence-electron chi connectivity index (χ0n) is 10.1. The molecule has 0 aromatic carbocycles. The van der Waals surface area contributed by atoms with Gasteiger partial charge in [0, 0.05) is 12.2 Å². The number of urea groups is 1. The molecule has 1 aromatic rings. The summed E-state index contributed by atoms with van der Waals surface area (Å²) in [5.41, 5.74) is 0.520. The zero-order valence-corrected chi connectivity index (χ0v) is 10.1. The quantitative estimate of drug-likeness (QED) is 0.754. The third-order valence-corrected chi connectivity index (χ3v) is 1.83. The van der Waals surface area contributed by atoms with Gasteiger partial charge in [0.15, 0.2) is 0 Å². The van der Waals surface area contributed by atoms with E-state index in [1.165, 1.54) is 18.0 Å². The van der Waals surface area contributed by atoms with Crippen molar-refractivity contribution in [2.75, 3.05) is 12.4 Å². The summed E-state index contributed by atoms with van der Waals surface area (Å²) >= 11 is 0. The van der Waals surface area contributed by atoms with Gasteiger partial charge in [0.1, 0.15) is 6.54 Å². The van der Waals surface area contributed by atoms with Gasteiger partial charge < -0.3 is 15.4 Å². The van der Waals surface area contributed by atoms with Crippen molar-refractivity contribution in [1.82, 2.24) is 15.1 Å². The molecule has 2 N–H and O–H groups in total. The van der Waals surface area contributed by atoms with Crippen molar-refractivity contribution >= 4 is 17.7 Å². The molecule has 1 rings (SSSR count). The Morgan fingerprint density at radius 3 is 2.82 bits per heavy atom. The van der Waals surface area contributed by atoms with Gasteiger partial charge in [-0.25, -0.2) is 4.79 Å². The summed E-state index contributed by atoms with van der Waals surface area (Å²) in [5.74, 6) is -0.397. The highest BCUT2D eigenvalue weighted by Gasteiger charge is 2.07. The van der Waals surface area contributed by atoms with E-state index in [4.69, 9.17) is 0 Å². The summed E-state index contributed by atoms with van der Waals surface area (Å²) in [7, 11) is 1.31. The van der Waals surface area contributed by atoms with E-state index in [0.717, 1.165) is 0 Å². The average molecular weight is 240 g/mol. The molecule has 0 saturated heterocycles. The zero-order chi connectivity index (χ0) is 12.8. The van der Waals surface area contributed by atoms with Crippen LogP contribution in [0, 0.1) is 0 Å². The van der Waals surface area contributed by atoms with Gasteiger partial charge in [0.05, 0.1) is 19.0 Å². The maximum atomic E-state index is 11.4. The molecule has 0 spiro atoms. The van der Waals surface area contributed by atoms with Crippen molar-refractivity contribution < 1.29 is 14.3 Å². The van der Waals surface area contributed by atoms with Crippen LogP contribution < -0.4 is 10.6 Å². The molecule has 0 saturated carbocycles. The first-order chi connectivity index (χ1) is 8.01. The van der Waals surface area contributed by atoms with Crippen LogP contribution in [0.4, 0.5) is 10.5 Å². The second-order valence-corrected chi connectivity index (χ2v) is 3.76. The highest BCUT2D eigenvalue weighted by Crippen LogP contribution is 2.04. The number of carbonyl (C=O) groups excluding carboxylic acids is 2. The van der Waals surface area contributed by atoms with Gasteiger partial charge in [0.25, 0.3) is 0 Å². The van der Waals surface area contributed by atoms with Crippen LogP contribution in [0.1, 0.15) is 13.8 Å². The van der Waals surface area contributed by atoms with Crippen molar-refractivity contribution in [2.24, 2.45) is 0 Å². The van der Waals surface area contributed by atoms with Gasteiger partial charge in [-0.2, -0.15) is 5.10 Å². The fourth-order valence-electron chi connectivity index (χ4n) is 1.14. The minimum absolute atomic E-state index is 0.0178. The molecule has 1 heterocycles. The van der Waals surface area contributed by atoms with Crippen molar-refractivity contribution in [1.29, 1.82) is 0 Å². The molecule has 0 radical (unpaired) electrons. The van der Waals surface area contributed by atoms with E-state index in [1.54, 1.807) is 6.20 Å². The fourth-order valence-corrected chi connectivity index (χ4v) is 1.14. The summed E-state index contributed by atoms with van der Waals surface area (Å²) < 4.78 is 5.88. The third kappa shape index (κ3) is 4.54. The summed E-state index contributed by atoms with van der Waals surface area (Å²) in [6, 6.07) is -0.252. The Labute approximate surface area is 99.1 Å². The Morgan fingerprint density at radius 2 is 2.24 bits per heavy atom. The van der Waals surface area contributed by atoms with Gasteiger partial charge >= 0.3 is 12.0 Å². The van der Waals surface area contributed by atoms with E-state index in [2.05, 4.69) is 20.5 Å². The number of amides is 2. The summed E-state index contributed by atoms with van der Waals surface area (Å²) in [6.45, 7) is 3.74. The number of aromatic nitrogens is 2. The molecule has 7 heteroatoms. The molecule has 94 valence electrons. The number of carbonyl (C=O) groups is 2. The van der Waals surface area contributed by atoms with Gasteiger partial charge in [-0.1, -0.05) is 0 Å². The van der Waals surface area contributed by atoms with Crippen LogP contribution in [0.25, 0.3) is 0 Å². The third-order valence-electron chi connectivity index (χ3n) is 1.83. The van der Waals surface area contributed by atoms with E-state index >= 15 is 0 Å². The van der Waals surface area contributed by atoms with Crippen LogP contribution >= 0.6 is 0 Å². The topological polar surface area (TPSA) is 85.2 Å². The van der Waals surface area contributed by atoms with E-state index < -0.39 is 5.97 Å². The highest BCUT2D eigenvalue weighted by atomic mass is 16.5. The Morgan fingerprint density at radius 1 is 1.53 bits per heavy atom. The molecule has 0 atom stereocenters. The molecule has 2 amide bonds. The number of rotatable bonds is 4. The Balaban J connectivity index is 2.51. The van der Waals surface area contributed by atoms with Crippen LogP contribution in [0.15, 0.2) is 12.4 Å². The number of esters is 1. The molecule has 0 aliphatic heterocycles. The first-order valence-corrected chi connectivity index (χ1v) is 5.18. The lowest BCUT2D eigenvalue weighted by Crippen LogP contribution is -2.34. The molecule has 0 fully saturated rings. The fraction of sp³-hybridized carbons (Fsp3) is 0.500. The Bertz CT molecular complexity index is 400. The van der Waals surface area contributed by atoms with Gasteiger partial charge in [-0.15, -0.1) is 0 Å². The number of anilines is 1. The second kappa shape index (κ2) is 5.88. The van der Waals surface area contributed by atoms with E-state index in [-0.39, 0.29) is 18.6 Å². The van der Waals surface area contributed by atoms with Crippen LogP contribution in [0.3, 0.4) is 0 Å². The number of nitrogens with one attached hydrogen (secondary N) is 2.